The van der Waals surface area contributed by atoms with Gasteiger partial charge in [0.1, 0.15) is 5.75 Å². The average Bonchev–Trinajstić information content (AvgIpc) is 3.56. The van der Waals surface area contributed by atoms with Crippen molar-refractivity contribution in [3.05, 3.63) is 71.3 Å². The van der Waals surface area contributed by atoms with Crippen LogP contribution >= 0.6 is 0 Å². The Kier molecular flexibility index (Phi) is 7.70. The number of likely N-dealkylation sites (tertiary alicyclic amines) is 1. The van der Waals surface area contributed by atoms with Gasteiger partial charge in [0.25, 0.3) is 0 Å². The molecule has 1 saturated heterocycles. The molecule has 1 aliphatic heterocycles. The predicted octanol–water partition coefficient (Wildman–Crippen LogP) is 5.03. The summed E-state index contributed by atoms with van der Waals surface area (Å²) in [5, 5.41) is -0.512. The summed E-state index contributed by atoms with van der Waals surface area (Å²) in [6.07, 6.45) is 5.50. The van der Waals surface area contributed by atoms with E-state index in [0.29, 0.717) is 0 Å². The summed E-state index contributed by atoms with van der Waals surface area (Å²) in [6, 6.07) is 19.1. The number of Topliss-reactive ketones (excluding diaryl/α,β-unsaturated/α-hetero) is 1. The summed E-state index contributed by atoms with van der Waals surface area (Å²) >= 11 is 0. The Labute approximate surface area is 199 Å². The summed E-state index contributed by atoms with van der Waals surface area (Å²) in [7, 11) is -3.33. The normalized spacial score (nSPS) is 21.9. The molecule has 0 N–H and O–H groups in total. The summed E-state index contributed by atoms with van der Waals surface area (Å²) in [6.45, 7) is 6.49. The second kappa shape index (κ2) is 10.5. The van der Waals surface area contributed by atoms with Crippen molar-refractivity contribution in [2.75, 3.05) is 18.8 Å². The lowest BCUT2D eigenvalue weighted by atomic mass is 9.90. The molecular weight excluding hydrogens is 430 g/mol. The minimum Gasteiger partial charge on any atom is -0.299 e. The molecule has 1 saturated carbocycles. The highest BCUT2D eigenvalue weighted by molar-refractivity contribution is 7.92. The van der Waals surface area contributed by atoms with E-state index in [2.05, 4.69) is 47.4 Å². The zero-order chi connectivity index (χ0) is 23.4. The van der Waals surface area contributed by atoms with Crippen LogP contribution in [0.15, 0.2) is 54.6 Å². The van der Waals surface area contributed by atoms with Crippen molar-refractivity contribution in [2.24, 2.45) is 11.8 Å². The Balaban J connectivity index is 1.18. The predicted molar refractivity (Wildman–Crippen MR) is 134 cm³/mol. The van der Waals surface area contributed by atoms with Gasteiger partial charge in [0, 0.05) is 13.0 Å². The highest BCUT2D eigenvalue weighted by atomic mass is 32.2. The molecule has 1 aliphatic carbocycles. The Hall–Kier alpha value is -1.98. The van der Waals surface area contributed by atoms with Crippen LogP contribution in [0.1, 0.15) is 62.1 Å². The van der Waals surface area contributed by atoms with Gasteiger partial charge in [-0.2, -0.15) is 0 Å². The number of piperidine rings is 1. The van der Waals surface area contributed by atoms with Crippen molar-refractivity contribution in [3.63, 3.8) is 0 Å². The Morgan fingerprint density at radius 2 is 1.61 bits per heavy atom. The summed E-state index contributed by atoms with van der Waals surface area (Å²) in [4.78, 5) is 14.7. The number of rotatable bonds is 10. The molecule has 0 unspecified atom stereocenters. The van der Waals surface area contributed by atoms with Crippen LogP contribution in [0.3, 0.4) is 0 Å². The molecule has 2 aromatic rings. The summed E-state index contributed by atoms with van der Waals surface area (Å²) < 4.78 is 23.9. The molecule has 0 bridgehead atoms. The monoisotopic (exact) mass is 467 g/mol. The molecule has 178 valence electrons. The molecule has 5 heteroatoms. The number of nitrogens with zero attached hydrogens (tertiary/aromatic N) is 1. The van der Waals surface area contributed by atoms with Crippen LogP contribution in [0.4, 0.5) is 0 Å². The van der Waals surface area contributed by atoms with E-state index in [1.165, 1.54) is 36.8 Å². The van der Waals surface area contributed by atoms with Gasteiger partial charge < -0.3 is 0 Å². The number of benzene rings is 2. The molecule has 0 radical (unpaired) electrons. The lowest BCUT2D eigenvalue weighted by molar-refractivity contribution is -0.116. The van der Waals surface area contributed by atoms with Crippen molar-refractivity contribution in [2.45, 2.75) is 63.7 Å². The van der Waals surface area contributed by atoms with E-state index in [-0.39, 0.29) is 18.0 Å². The first-order chi connectivity index (χ1) is 15.8. The number of hydrogen-bond acceptors (Lipinski definition) is 4. The van der Waals surface area contributed by atoms with Crippen LogP contribution in [0.25, 0.3) is 0 Å². The first-order valence-electron chi connectivity index (χ1n) is 12.4. The van der Waals surface area contributed by atoms with Gasteiger partial charge in [-0.25, -0.2) is 8.42 Å². The largest absolute Gasteiger partial charge is 0.299 e. The third-order valence-corrected chi connectivity index (χ3v) is 9.57. The molecule has 2 atom stereocenters. The van der Waals surface area contributed by atoms with Crippen molar-refractivity contribution < 1.29 is 13.2 Å². The number of sulfone groups is 1. The molecule has 0 amide bonds. The molecule has 33 heavy (non-hydrogen) atoms. The fourth-order valence-corrected chi connectivity index (χ4v) is 6.00. The molecule has 1 heterocycles. The molecule has 0 spiro atoms. The maximum atomic E-state index is 12.2. The second-order valence-corrected chi connectivity index (χ2v) is 12.9. The Bertz CT molecular complexity index is 1020. The SMILES string of the molecule is CC(C)S(=O)(=O)CC(=O)Cc1ccc(CN2CCC(C[C@@H]3C[C@H]3c3ccccc3)CC2)cc1. The topological polar surface area (TPSA) is 54.5 Å². The molecule has 2 fully saturated rings. The maximum Gasteiger partial charge on any atom is 0.159 e. The van der Waals surface area contributed by atoms with E-state index in [0.717, 1.165) is 43.0 Å². The van der Waals surface area contributed by atoms with E-state index in [4.69, 9.17) is 0 Å². The number of hydrogen-bond donors (Lipinski definition) is 0. The summed E-state index contributed by atoms with van der Waals surface area (Å²) in [5.74, 6) is 1.93. The minimum atomic E-state index is -3.33. The van der Waals surface area contributed by atoms with E-state index >= 15 is 0 Å². The Morgan fingerprint density at radius 1 is 0.970 bits per heavy atom. The van der Waals surface area contributed by atoms with Gasteiger partial charge in [0.2, 0.25) is 0 Å². The van der Waals surface area contributed by atoms with Crippen LogP contribution in [-0.2, 0) is 27.6 Å². The van der Waals surface area contributed by atoms with E-state index in [1.54, 1.807) is 13.8 Å². The minimum absolute atomic E-state index is 0.183. The highest BCUT2D eigenvalue weighted by Crippen LogP contribution is 2.51. The third kappa shape index (κ3) is 6.77. The first kappa shape index (κ1) is 24.2. The van der Waals surface area contributed by atoms with Gasteiger partial charge in [0.15, 0.2) is 15.6 Å². The smallest absolute Gasteiger partial charge is 0.159 e. The van der Waals surface area contributed by atoms with Crippen molar-refractivity contribution in [1.82, 2.24) is 4.90 Å². The quantitative estimate of drug-likeness (QED) is 0.492. The molecule has 2 aliphatic rings. The lowest BCUT2D eigenvalue weighted by Crippen LogP contribution is -2.33. The fraction of sp³-hybridized carbons (Fsp3) is 0.536. The van der Waals surface area contributed by atoms with Crippen LogP contribution in [-0.4, -0.2) is 43.2 Å². The number of carbonyl (C=O) groups is 1. The van der Waals surface area contributed by atoms with Crippen molar-refractivity contribution in [3.8, 4) is 0 Å². The van der Waals surface area contributed by atoms with Crippen LogP contribution in [0.2, 0.25) is 0 Å². The molecule has 4 nitrogen and oxygen atoms in total. The van der Waals surface area contributed by atoms with Gasteiger partial charge in [-0.05, 0) is 87.1 Å². The zero-order valence-corrected chi connectivity index (χ0v) is 20.8. The van der Waals surface area contributed by atoms with Crippen LogP contribution in [0.5, 0.6) is 0 Å². The van der Waals surface area contributed by atoms with Gasteiger partial charge in [0.05, 0.1) is 5.25 Å². The first-order valence-corrected chi connectivity index (χ1v) is 14.1. The number of ketones is 1. The molecule has 4 rings (SSSR count). The van der Waals surface area contributed by atoms with Crippen molar-refractivity contribution >= 4 is 15.6 Å². The van der Waals surface area contributed by atoms with Gasteiger partial charge in [-0.1, -0.05) is 54.6 Å². The molecule has 0 aromatic heterocycles. The number of carbonyl (C=O) groups excluding carboxylic acids is 1. The third-order valence-electron chi connectivity index (χ3n) is 7.40. The standard InChI is InChI=1S/C28H37NO3S/c1-21(2)33(31,32)20-27(30)17-22-8-10-24(11-9-22)19-29-14-12-23(13-15-29)16-26-18-28(26)25-6-4-3-5-7-25/h3-11,21,23,26,28H,12-20H2,1-2H3/t26-,28+/m1/s1. The second-order valence-electron chi connectivity index (χ2n) is 10.4. The summed E-state index contributed by atoms with van der Waals surface area (Å²) in [5.41, 5.74) is 3.66. The van der Waals surface area contributed by atoms with Gasteiger partial charge >= 0.3 is 0 Å². The van der Waals surface area contributed by atoms with Gasteiger partial charge in [-0.15, -0.1) is 0 Å². The van der Waals surface area contributed by atoms with Crippen molar-refractivity contribution in [1.29, 1.82) is 0 Å². The lowest BCUT2D eigenvalue weighted by Gasteiger charge is -2.32. The molecular formula is C28H37NO3S. The van der Waals surface area contributed by atoms with Gasteiger partial charge in [-0.3, -0.25) is 9.69 Å². The van der Waals surface area contributed by atoms with E-state index in [1.807, 2.05) is 12.1 Å². The van der Waals surface area contributed by atoms with E-state index < -0.39 is 15.1 Å². The maximum absolute atomic E-state index is 12.2. The Morgan fingerprint density at radius 3 is 2.24 bits per heavy atom. The zero-order valence-electron chi connectivity index (χ0n) is 19.9. The van der Waals surface area contributed by atoms with Crippen LogP contribution in [0, 0.1) is 11.8 Å². The van der Waals surface area contributed by atoms with Crippen LogP contribution < -0.4 is 0 Å². The van der Waals surface area contributed by atoms with E-state index in [9.17, 15) is 13.2 Å². The average molecular weight is 468 g/mol. The highest BCUT2D eigenvalue weighted by Gasteiger charge is 2.39. The fourth-order valence-electron chi connectivity index (χ4n) is 5.12. The molecule has 2 aromatic carbocycles.